The molecule has 0 atom stereocenters. The lowest BCUT2D eigenvalue weighted by Gasteiger charge is -2.30. The Bertz CT molecular complexity index is 6120. The largest absolute Gasteiger partial charge is 0.510 e. The molecule has 38 nitrogen and oxygen atoms in total. The zero-order valence-corrected chi connectivity index (χ0v) is 89.6. The van der Waals surface area contributed by atoms with Gasteiger partial charge in [-0.3, -0.25) is 34.5 Å². The summed E-state index contributed by atoms with van der Waals surface area (Å²) in [5, 5.41) is 88.5. The summed E-state index contributed by atoms with van der Waals surface area (Å²) in [6.45, 7) is 34.6. The number of aliphatic hydroxyl groups excluding tert-OH is 2. The minimum atomic E-state index is -1.69. The van der Waals surface area contributed by atoms with Gasteiger partial charge in [0.2, 0.25) is 0 Å². The van der Waals surface area contributed by atoms with Crippen LogP contribution in [0.4, 0.5) is 30.6 Å². The van der Waals surface area contributed by atoms with Crippen molar-refractivity contribution in [3.8, 4) is 45.6 Å². The monoisotopic (exact) mass is 2160 g/mol. The fraction of sp³-hybridized carbons (Fsp3) is 0.438. The first-order valence-electron chi connectivity index (χ1n) is 44.7. The predicted octanol–water partition coefficient (Wildman–Crippen LogP) is 16.2. The standard InChI is InChI=1S/C21H32N4O4SSi.C17H32BN3O5Si.C17H16ClN5O2S.C17H14ClN5O2S.C10H10N4OS.C4H2BrNOS.C2H6.CH4O.ClH/c1-21(2,3)29-20(27)24-8-7-17-15(11-24)19(16-13-30-18(12-26)22-16)23-25(17)14-28-9-10-31(4,5)6;1-17(2,3)26-16(22)20-8-7-14-13(11-20)15(18(23)24)19-21(14)12-25-9-10-27(4,5)6;2*18-10-2-1-3-11(6-10)19-17(25)23-5-4-13-12(7-23)16(22-21-13)14-9-26-15(8-24)20-14;15-4-9-12-8(5-16-9)10-6-3-11-2-1-7(6)13-14-10;5-3-2-8-4(1-7)6-3;2*1-2;/h12-13H,7-11,14H2,1-6H3;23-24H,7-12H2,1-6H3;1-3,6,9,24H,4-5,7-8H2,(H,19,25)(H,21,22);1-3,6,8-9H,4-5,7H2,(H,19,25)(H,21,22);4-5,11H,1-3H2,(H,13,14);1-2H;1-2H3;2H,1H3;1H/i;;;;;;1D;;. The summed E-state index contributed by atoms with van der Waals surface area (Å²) in [5.74, 6) is 0. The number of aromatic nitrogens is 15. The quantitative estimate of drug-likeness (QED) is 0.0171. The number of benzene rings is 2. The van der Waals surface area contributed by atoms with E-state index in [1.807, 2.05) is 62.4 Å². The molecule has 0 aliphatic carbocycles. The minimum Gasteiger partial charge on any atom is -0.444 e. The number of anilines is 2. The first kappa shape index (κ1) is 111. The van der Waals surface area contributed by atoms with Gasteiger partial charge in [-0.1, -0.05) is 88.4 Å². The summed E-state index contributed by atoms with van der Waals surface area (Å²) in [6, 6.07) is 15.9. The Balaban J connectivity index is 0.000000190. The van der Waals surface area contributed by atoms with Crippen molar-refractivity contribution in [1.82, 2.24) is 100.0 Å². The number of nitrogens with one attached hydrogen (secondary N) is 6. The second kappa shape index (κ2) is 52.6. The number of rotatable bonds is 22. The third-order valence-electron chi connectivity index (χ3n) is 20.8. The van der Waals surface area contributed by atoms with Crippen LogP contribution in [0, 0.1) is 0 Å². The number of fused-ring (bicyclic) bond motifs is 5. The topological polar surface area (TPSA) is 490 Å². The number of ether oxygens (including phenoxy) is 4. The highest BCUT2D eigenvalue weighted by Gasteiger charge is 2.37. The highest BCUT2D eigenvalue weighted by molar-refractivity contribution is 9.10. The Morgan fingerprint density at radius 3 is 1.32 bits per heavy atom. The average molecular weight is 2170 g/mol. The van der Waals surface area contributed by atoms with E-state index < -0.39 is 40.6 Å². The fourth-order valence-electron chi connectivity index (χ4n) is 14.2. The molecule has 0 spiro atoms. The maximum Gasteiger partial charge on any atom is 0.510 e. The van der Waals surface area contributed by atoms with E-state index in [0.29, 0.717) is 179 Å². The molecule has 12 aromatic rings. The molecule has 6 amide bonds. The van der Waals surface area contributed by atoms with Crippen molar-refractivity contribution in [2.75, 3.05) is 63.7 Å². The van der Waals surface area contributed by atoms with Crippen molar-refractivity contribution in [2.24, 2.45) is 0 Å². The number of aliphatic hydroxyl groups is 2. The molecule has 10 aromatic heterocycles. The summed E-state index contributed by atoms with van der Waals surface area (Å²) in [7, 11) is -3.03. The van der Waals surface area contributed by atoms with Gasteiger partial charge in [0.05, 0.1) is 38.4 Å². The van der Waals surface area contributed by atoms with Crippen LogP contribution in [-0.2, 0) is 104 Å². The molecule has 0 saturated heterocycles. The first-order chi connectivity index (χ1) is 66.2. The van der Waals surface area contributed by atoms with Gasteiger partial charge < -0.3 is 74.8 Å². The number of nitrogens with zero attached hydrogens (tertiary/aromatic N) is 16. The number of halogens is 4. The second-order valence-corrected chi connectivity index (χ2v) is 53.1. The van der Waals surface area contributed by atoms with Crippen LogP contribution in [-0.4, -0.2) is 252 Å². The van der Waals surface area contributed by atoms with Crippen molar-refractivity contribution in [1.29, 1.82) is 0 Å². The number of hydrogen-bond donors (Lipinski definition) is 10. The highest BCUT2D eigenvalue weighted by Crippen LogP contribution is 2.36. The Morgan fingerprint density at radius 1 is 0.540 bits per heavy atom. The number of aldehydes is 4. The second-order valence-electron chi connectivity index (χ2n) is 35.7. The maximum atomic E-state index is 12.6. The first-order valence-corrected chi connectivity index (χ1v) is 57.4. The maximum absolute atomic E-state index is 12.6. The van der Waals surface area contributed by atoms with E-state index >= 15 is 0 Å². The Hall–Kier alpha value is -10.0. The number of thiazole rings is 5. The van der Waals surface area contributed by atoms with E-state index in [4.69, 9.17) is 53.7 Å². The number of hydrogen-bond acceptors (Lipinski definition) is 32. The fourth-order valence-corrected chi connectivity index (χ4v) is 19.6. The van der Waals surface area contributed by atoms with Crippen LogP contribution in [0.3, 0.4) is 0 Å². The molecule has 50 heteroatoms. The molecule has 0 radical (unpaired) electrons. The van der Waals surface area contributed by atoms with Crippen LogP contribution < -0.4 is 21.5 Å². The number of H-pyrrole nitrogens is 3. The molecule has 0 bridgehead atoms. The molecule has 17 rings (SSSR count). The van der Waals surface area contributed by atoms with Crippen molar-refractivity contribution < 1.29 is 78.9 Å². The van der Waals surface area contributed by atoms with Crippen LogP contribution >= 0.6 is 108 Å². The zero-order valence-electron chi connectivity index (χ0n) is 80.6. The van der Waals surface area contributed by atoms with Gasteiger partial charge in [0.15, 0.2) is 45.2 Å². The predicted molar refractivity (Wildman–Crippen MR) is 552 cm³/mol. The molecule has 139 heavy (non-hydrogen) atoms. The lowest BCUT2D eigenvalue weighted by atomic mass is 9.81. The van der Waals surface area contributed by atoms with Gasteiger partial charge in [-0.05, 0) is 106 Å². The van der Waals surface area contributed by atoms with Crippen LogP contribution in [0.1, 0.15) is 157 Å². The molecule has 5 aliphatic heterocycles. The summed E-state index contributed by atoms with van der Waals surface area (Å²) < 4.78 is 33.2. The van der Waals surface area contributed by atoms with Gasteiger partial charge in [-0.15, -0.1) is 69.1 Å². The van der Waals surface area contributed by atoms with E-state index in [1.165, 1.54) is 67.9 Å². The molecule has 2 aromatic carbocycles. The van der Waals surface area contributed by atoms with Gasteiger partial charge in [-0.25, -0.2) is 53.5 Å². The third-order valence-corrected chi connectivity index (χ3v) is 29.3. The van der Waals surface area contributed by atoms with Crippen LogP contribution in [0.2, 0.25) is 61.4 Å². The van der Waals surface area contributed by atoms with Crippen LogP contribution in [0.25, 0.3) is 45.6 Å². The molecule has 5 aliphatic rings. The molecule has 0 unspecified atom stereocenters. The van der Waals surface area contributed by atoms with Gasteiger partial charge in [-0.2, -0.15) is 25.5 Å². The molecule has 10 N–H and O–H groups in total. The average Bonchev–Trinajstić information content (AvgIpc) is 1.75. The van der Waals surface area contributed by atoms with Gasteiger partial charge in [0.25, 0.3) is 0 Å². The molecule has 748 valence electrons. The molecule has 15 heterocycles. The molecule has 0 saturated carbocycles. The zero-order chi connectivity index (χ0) is 101. The normalized spacial score (nSPS) is 13.5. The molecular formula is C89H117BBrCl3N22O16S5Si2. The number of urea groups is 2. The highest BCUT2D eigenvalue weighted by atomic mass is 79.9. The van der Waals surface area contributed by atoms with Gasteiger partial charge >= 0.3 is 31.4 Å². The number of carbonyl (C=O) groups excluding carboxylic acids is 8. The van der Waals surface area contributed by atoms with Crippen molar-refractivity contribution in [3.63, 3.8) is 0 Å². The lowest BCUT2D eigenvalue weighted by Crippen LogP contribution is -2.43. The smallest absolute Gasteiger partial charge is 0.444 e. The van der Waals surface area contributed by atoms with Crippen LogP contribution in [0.15, 0.2) is 80.0 Å². The number of aromatic amines is 3. The van der Waals surface area contributed by atoms with Crippen LogP contribution in [0.5, 0.6) is 0 Å². The Kier molecular flexibility index (Phi) is 42.0. The van der Waals surface area contributed by atoms with Crippen molar-refractivity contribution >= 4 is 198 Å². The van der Waals surface area contributed by atoms with Crippen molar-refractivity contribution in [3.05, 3.63) is 171 Å². The van der Waals surface area contributed by atoms with E-state index in [9.17, 15) is 53.5 Å². The Morgan fingerprint density at radius 2 is 0.928 bits per heavy atom. The molecular weight excluding hydrogens is 2050 g/mol. The lowest BCUT2D eigenvalue weighted by molar-refractivity contribution is 0.0208. The third kappa shape index (κ3) is 32.8. The van der Waals surface area contributed by atoms with Gasteiger partial charge in [0, 0.05) is 214 Å². The SMILES string of the molecule is CC(C)(C)OC(=O)N1CCc2c(c(-c3csc(C=O)n3)nn2COCC[Si](C)(C)C)C1.CC(C)(C)OC(=O)N1CCc2c(c(B(O)O)nn2COCC[Si](C)(C)C)C1.CO.Cl.O=C(Nc1cccc(Cl)c1)N1CCc2[nH]nc(-c3csc(CO)n3)c2C1.O=Cc1nc(-c2n[nH]c3c2CN(C(=O)Nc2cccc(Cl)c2)CC3)cs1.O=Cc1nc(-c2n[nH]c3c2CNCC3)cs1.O=Cc1nc(Br)cs1.[2H]CC. The van der Waals surface area contributed by atoms with E-state index in [-0.39, 0.29) is 56.0 Å². The molecule has 0 fully saturated rings. The van der Waals surface area contributed by atoms with E-state index in [0.717, 1.165) is 125 Å². The summed E-state index contributed by atoms with van der Waals surface area (Å²) in [5.41, 5.74) is 15.9. The number of amides is 6. The number of carbonyl (C=O) groups is 8. The Labute approximate surface area is 853 Å². The summed E-state index contributed by atoms with van der Waals surface area (Å²) in [6.07, 6.45) is 5.77. The summed E-state index contributed by atoms with van der Waals surface area (Å²) >= 11 is 21.7. The van der Waals surface area contributed by atoms with E-state index in [2.05, 4.69) is 132 Å². The van der Waals surface area contributed by atoms with E-state index in [1.54, 1.807) is 90.5 Å². The van der Waals surface area contributed by atoms with Crippen molar-refractivity contribution in [2.45, 2.75) is 203 Å². The van der Waals surface area contributed by atoms with Gasteiger partial charge in [0.1, 0.15) is 79.8 Å². The minimum absolute atomic E-state index is 0. The summed E-state index contributed by atoms with van der Waals surface area (Å²) in [4.78, 5) is 120.